The molecule has 0 bridgehead atoms. The molecule has 166 valence electrons. The molecule has 1 N–H and O–H groups in total. The highest BCUT2D eigenvalue weighted by molar-refractivity contribution is 5.93. The molecule has 0 spiro atoms. The normalized spacial score (nSPS) is 25.9. The second-order valence-corrected chi connectivity index (χ2v) is 9.27. The summed E-state index contributed by atoms with van der Waals surface area (Å²) in [7, 11) is 1.30. The third-order valence-corrected chi connectivity index (χ3v) is 6.70. The van der Waals surface area contributed by atoms with Gasteiger partial charge >= 0.3 is 12.1 Å². The van der Waals surface area contributed by atoms with Gasteiger partial charge in [0.15, 0.2) is 0 Å². The Kier molecular flexibility index (Phi) is 5.99. The number of nitrogens with zero attached hydrogens (tertiary/aromatic N) is 3. The third-order valence-electron chi connectivity index (χ3n) is 6.70. The summed E-state index contributed by atoms with van der Waals surface area (Å²) in [5.74, 6) is -1.19. The first-order valence-corrected chi connectivity index (χ1v) is 10.5. The van der Waals surface area contributed by atoms with E-state index in [1.807, 2.05) is 20.8 Å². The van der Waals surface area contributed by atoms with E-state index in [-0.39, 0.29) is 24.8 Å². The highest BCUT2D eigenvalue weighted by Gasteiger charge is 2.62. The van der Waals surface area contributed by atoms with Crippen LogP contribution in [0.1, 0.15) is 61.9 Å². The molecule has 1 aromatic carbocycles. The van der Waals surface area contributed by atoms with Crippen LogP contribution in [0.25, 0.3) is 0 Å². The Bertz CT molecular complexity index is 932. The Morgan fingerprint density at radius 1 is 1.26 bits per heavy atom. The summed E-state index contributed by atoms with van der Waals surface area (Å²) in [5.41, 5.74) is -1.06. The number of amides is 2. The summed E-state index contributed by atoms with van der Waals surface area (Å²) < 4.78 is 4.91. The lowest BCUT2D eigenvalue weighted by atomic mass is 9.69. The Morgan fingerprint density at radius 2 is 1.94 bits per heavy atom. The molecule has 2 saturated heterocycles. The molecule has 8 heteroatoms. The van der Waals surface area contributed by atoms with Crippen LogP contribution in [-0.2, 0) is 9.53 Å². The first kappa shape index (κ1) is 22.6. The summed E-state index contributed by atoms with van der Waals surface area (Å²) in [6, 6.07) is 8.58. The predicted octanol–water partition coefficient (Wildman–Crippen LogP) is 3.24. The number of carbonyl (C=O) groups excluding carboxylic acids is 2. The molecule has 0 saturated carbocycles. The molecule has 2 heterocycles. The van der Waals surface area contributed by atoms with Crippen LogP contribution in [0, 0.1) is 16.7 Å². The summed E-state index contributed by atoms with van der Waals surface area (Å²) >= 11 is 0. The minimum atomic E-state index is -1.35. The van der Waals surface area contributed by atoms with Crippen LogP contribution in [0.3, 0.4) is 0 Å². The number of likely N-dealkylation sites (tertiary alicyclic amines) is 2. The van der Waals surface area contributed by atoms with Crippen molar-refractivity contribution in [3.63, 3.8) is 0 Å². The van der Waals surface area contributed by atoms with Crippen molar-refractivity contribution >= 4 is 18.0 Å². The molecule has 3 atom stereocenters. The molecule has 3 rings (SSSR count). The largest absolute Gasteiger partial charge is 0.465 e. The van der Waals surface area contributed by atoms with Crippen molar-refractivity contribution in [1.82, 2.24) is 9.80 Å². The molecule has 1 aromatic rings. The molecule has 2 fully saturated rings. The molecule has 0 unspecified atom stereocenters. The van der Waals surface area contributed by atoms with Crippen LogP contribution >= 0.6 is 0 Å². The van der Waals surface area contributed by atoms with Gasteiger partial charge in [-0.2, -0.15) is 5.26 Å². The van der Waals surface area contributed by atoms with Crippen molar-refractivity contribution in [3.8, 4) is 6.07 Å². The highest BCUT2D eigenvalue weighted by Crippen LogP contribution is 2.51. The summed E-state index contributed by atoms with van der Waals surface area (Å²) in [6.07, 6.45) is 0.342. The Labute approximate surface area is 182 Å². The average molecular weight is 428 g/mol. The molecule has 2 amide bonds. The van der Waals surface area contributed by atoms with Crippen molar-refractivity contribution in [3.05, 3.63) is 35.4 Å². The number of benzene rings is 1. The molecule has 31 heavy (non-hydrogen) atoms. The van der Waals surface area contributed by atoms with Crippen LogP contribution in [-0.4, -0.2) is 64.7 Å². The van der Waals surface area contributed by atoms with Crippen molar-refractivity contribution in [2.75, 3.05) is 20.2 Å². The van der Waals surface area contributed by atoms with Gasteiger partial charge in [-0.05, 0) is 36.3 Å². The third kappa shape index (κ3) is 3.62. The van der Waals surface area contributed by atoms with Gasteiger partial charge in [-0.3, -0.25) is 9.69 Å². The molecule has 2 aliphatic heterocycles. The van der Waals surface area contributed by atoms with Crippen molar-refractivity contribution in [2.45, 2.75) is 57.5 Å². The summed E-state index contributed by atoms with van der Waals surface area (Å²) in [5, 5.41) is 19.6. The van der Waals surface area contributed by atoms with E-state index < -0.39 is 29.1 Å². The first-order valence-electron chi connectivity index (χ1n) is 10.5. The molecular formula is C23H29N3O5. The standard InChI is InChI=1S/C23H29N3O5/c1-22(2,3)23(20(28)25-11-7-8-16(25)13-24)12-15(14-26(23)21(29)30)17-9-5-6-10-18(17)19(27)31-4/h5-6,9-10,15-16H,7-8,11-12,14H2,1-4H3,(H,29,30)/t15-,16-,23+/m0/s1. The number of hydrogen-bond donors (Lipinski definition) is 1. The fourth-order valence-corrected chi connectivity index (χ4v) is 5.12. The first-order chi connectivity index (χ1) is 14.6. The zero-order valence-electron chi connectivity index (χ0n) is 18.4. The molecule has 0 radical (unpaired) electrons. The van der Waals surface area contributed by atoms with Crippen LogP contribution in [0.2, 0.25) is 0 Å². The van der Waals surface area contributed by atoms with Crippen LogP contribution in [0.5, 0.6) is 0 Å². The van der Waals surface area contributed by atoms with E-state index in [4.69, 9.17) is 4.74 Å². The number of carboxylic acid groups (broad SMARTS) is 1. The van der Waals surface area contributed by atoms with Gasteiger partial charge in [0, 0.05) is 19.0 Å². The van der Waals surface area contributed by atoms with Gasteiger partial charge in [-0.15, -0.1) is 0 Å². The Morgan fingerprint density at radius 3 is 2.52 bits per heavy atom. The van der Waals surface area contributed by atoms with Crippen LogP contribution < -0.4 is 0 Å². The van der Waals surface area contributed by atoms with Crippen LogP contribution in [0.4, 0.5) is 4.79 Å². The summed E-state index contributed by atoms with van der Waals surface area (Å²) in [6.45, 7) is 6.08. The second-order valence-electron chi connectivity index (χ2n) is 9.27. The zero-order chi connectivity index (χ0) is 23.0. The van der Waals surface area contributed by atoms with Gasteiger partial charge in [0.2, 0.25) is 5.91 Å². The molecule has 0 aliphatic carbocycles. The summed E-state index contributed by atoms with van der Waals surface area (Å²) in [4.78, 5) is 41.4. The lowest BCUT2D eigenvalue weighted by Gasteiger charge is -2.47. The smallest absolute Gasteiger partial charge is 0.408 e. The van der Waals surface area contributed by atoms with Gasteiger partial charge in [-0.1, -0.05) is 39.0 Å². The van der Waals surface area contributed by atoms with Gasteiger partial charge in [0.1, 0.15) is 11.6 Å². The fraction of sp³-hybridized carbons (Fsp3) is 0.565. The number of carbonyl (C=O) groups is 3. The molecule has 0 aromatic heterocycles. The van der Waals surface area contributed by atoms with Gasteiger partial charge in [0.25, 0.3) is 0 Å². The Balaban J connectivity index is 2.12. The number of ether oxygens (including phenoxy) is 1. The highest BCUT2D eigenvalue weighted by atomic mass is 16.5. The number of hydrogen-bond acceptors (Lipinski definition) is 5. The number of esters is 1. The van der Waals surface area contributed by atoms with E-state index in [0.29, 0.717) is 30.5 Å². The minimum Gasteiger partial charge on any atom is -0.465 e. The maximum Gasteiger partial charge on any atom is 0.408 e. The quantitative estimate of drug-likeness (QED) is 0.742. The van der Waals surface area contributed by atoms with Crippen molar-refractivity contribution in [1.29, 1.82) is 5.26 Å². The monoisotopic (exact) mass is 427 g/mol. The lowest BCUT2D eigenvalue weighted by Crippen LogP contribution is -2.65. The van der Waals surface area contributed by atoms with Gasteiger partial charge < -0.3 is 14.7 Å². The maximum absolute atomic E-state index is 13.9. The van der Waals surface area contributed by atoms with E-state index in [1.54, 1.807) is 24.3 Å². The lowest BCUT2D eigenvalue weighted by molar-refractivity contribution is -0.148. The van der Waals surface area contributed by atoms with Crippen LogP contribution in [0.15, 0.2) is 24.3 Å². The topological polar surface area (TPSA) is 111 Å². The van der Waals surface area contributed by atoms with Crippen molar-refractivity contribution in [2.24, 2.45) is 5.41 Å². The van der Waals surface area contributed by atoms with E-state index in [0.717, 1.165) is 0 Å². The average Bonchev–Trinajstić information content (AvgIpc) is 3.37. The van der Waals surface area contributed by atoms with E-state index in [9.17, 15) is 24.8 Å². The minimum absolute atomic E-state index is 0.0808. The van der Waals surface area contributed by atoms with Gasteiger partial charge in [0.05, 0.1) is 18.7 Å². The van der Waals surface area contributed by atoms with E-state index >= 15 is 0 Å². The molecular weight excluding hydrogens is 398 g/mol. The van der Waals surface area contributed by atoms with E-state index in [2.05, 4.69) is 6.07 Å². The maximum atomic E-state index is 13.9. The van der Waals surface area contributed by atoms with Crippen molar-refractivity contribution < 1.29 is 24.2 Å². The number of nitriles is 1. The van der Waals surface area contributed by atoms with Gasteiger partial charge in [-0.25, -0.2) is 9.59 Å². The number of rotatable bonds is 3. The zero-order valence-corrected chi connectivity index (χ0v) is 18.4. The fourth-order valence-electron chi connectivity index (χ4n) is 5.12. The second kappa shape index (κ2) is 8.22. The molecule has 8 nitrogen and oxygen atoms in total. The van der Waals surface area contributed by atoms with E-state index in [1.165, 1.54) is 16.9 Å². The molecule has 2 aliphatic rings. The Hall–Kier alpha value is -3.08. The predicted molar refractivity (Wildman–Crippen MR) is 112 cm³/mol. The SMILES string of the molecule is COC(=O)c1ccccc1[C@@H]1CN(C(=O)O)[C@](C(=O)N2CCC[C@H]2C#N)(C(C)(C)C)C1. The number of methoxy groups -OCH3 is 1.